The van der Waals surface area contributed by atoms with E-state index in [0.29, 0.717) is 5.30 Å². The third-order valence-electron chi connectivity index (χ3n) is 5.13. The molecule has 1 unspecified atom stereocenters. The maximum atomic E-state index is 14.8. The van der Waals surface area contributed by atoms with Crippen molar-refractivity contribution in [2.75, 3.05) is 6.16 Å². The van der Waals surface area contributed by atoms with Crippen LogP contribution in [0.1, 0.15) is 32.1 Å². The van der Waals surface area contributed by atoms with E-state index in [9.17, 15) is 17.6 Å². The second-order valence-corrected chi connectivity index (χ2v) is 10.5. The smallest absolute Gasteiger partial charge is 0.203 e. The largest absolute Gasteiger partial charge is 0.422 e. The molecule has 0 amide bonds. The average Bonchev–Trinajstić information content (AvgIpc) is 2.61. The molecule has 25 heavy (non-hydrogen) atoms. The van der Waals surface area contributed by atoms with Crippen molar-refractivity contribution in [3.05, 3.63) is 60.4 Å². The molecule has 0 bridgehead atoms. The molecule has 1 aliphatic carbocycles. The number of benzene rings is 2. The van der Waals surface area contributed by atoms with E-state index >= 15 is 0 Å². The van der Waals surface area contributed by atoms with Crippen molar-refractivity contribution in [2.45, 2.75) is 43.9 Å². The summed E-state index contributed by atoms with van der Waals surface area (Å²) in [6.45, 7) is 0. The van der Waals surface area contributed by atoms with Gasteiger partial charge in [-0.2, -0.15) is 13.2 Å². The van der Waals surface area contributed by atoms with Crippen molar-refractivity contribution in [3.63, 3.8) is 0 Å². The molecule has 134 valence electrons. The zero-order valence-electron chi connectivity index (χ0n) is 14.0. The van der Waals surface area contributed by atoms with Crippen molar-refractivity contribution in [3.8, 4) is 0 Å². The minimum Gasteiger partial charge on any atom is -0.203 e. The predicted molar refractivity (Wildman–Crippen MR) is 96.8 cm³/mol. The molecule has 1 aliphatic rings. The standard InChI is InChI=1S/C20H22F4P/c21-18-13-7-8-14-19(18)25(15-20(22,23)24,16-9-3-1-4-10-16)17-11-5-2-6-12-17/h1,3-4,7-10,13-14,17H,2,5-6,11-12,15H2/q+1. The third kappa shape index (κ3) is 3.89. The molecule has 3 rings (SSSR count). The highest BCUT2D eigenvalue weighted by molar-refractivity contribution is 7.90. The fraction of sp³-hybridized carbons (Fsp3) is 0.400. The van der Waals surface area contributed by atoms with Gasteiger partial charge in [-0.3, -0.25) is 0 Å². The van der Waals surface area contributed by atoms with E-state index < -0.39 is 25.4 Å². The summed E-state index contributed by atoms with van der Waals surface area (Å²) < 4.78 is 55.9. The molecule has 0 aliphatic heterocycles. The van der Waals surface area contributed by atoms with Crippen LogP contribution in [0.25, 0.3) is 0 Å². The van der Waals surface area contributed by atoms with Crippen molar-refractivity contribution in [1.29, 1.82) is 0 Å². The Hall–Kier alpha value is -1.41. The molecule has 0 nitrogen and oxygen atoms in total. The molecule has 1 atom stereocenters. The van der Waals surface area contributed by atoms with E-state index in [-0.39, 0.29) is 11.0 Å². The van der Waals surface area contributed by atoms with Gasteiger partial charge in [-0.25, -0.2) is 4.39 Å². The Bertz CT molecular complexity index is 692. The summed E-state index contributed by atoms with van der Waals surface area (Å²) >= 11 is 0. The third-order valence-corrected chi connectivity index (χ3v) is 10.2. The molecular formula is C20H22F4P+. The molecule has 0 N–H and O–H groups in total. The zero-order chi connectivity index (χ0) is 17.9. The van der Waals surface area contributed by atoms with E-state index in [1.54, 1.807) is 48.5 Å². The minimum atomic E-state index is -4.33. The Balaban J connectivity index is 2.25. The lowest BCUT2D eigenvalue weighted by Gasteiger charge is -2.37. The zero-order valence-corrected chi connectivity index (χ0v) is 14.9. The van der Waals surface area contributed by atoms with Crippen LogP contribution in [0.2, 0.25) is 0 Å². The van der Waals surface area contributed by atoms with E-state index in [4.69, 9.17) is 0 Å². The Morgan fingerprint density at radius 3 is 2.04 bits per heavy atom. The van der Waals surface area contributed by atoms with E-state index in [2.05, 4.69) is 0 Å². The number of halogens is 4. The van der Waals surface area contributed by atoms with Gasteiger partial charge in [-0.1, -0.05) is 36.8 Å². The van der Waals surface area contributed by atoms with Gasteiger partial charge in [-0.15, -0.1) is 0 Å². The minimum absolute atomic E-state index is 0.109. The maximum absolute atomic E-state index is 14.8. The van der Waals surface area contributed by atoms with E-state index in [1.807, 2.05) is 0 Å². The van der Waals surface area contributed by atoms with Crippen LogP contribution in [0.5, 0.6) is 0 Å². The quantitative estimate of drug-likeness (QED) is 0.480. The number of rotatable bonds is 4. The summed E-state index contributed by atoms with van der Waals surface area (Å²) in [5.74, 6) is -0.505. The van der Waals surface area contributed by atoms with Crippen LogP contribution in [0, 0.1) is 5.82 Å². The Morgan fingerprint density at radius 1 is 0.840 bits per heavy atom. The summed E-state index contributed by atoms with van der Waals surface area (Å²) in [5, 5.41) is 0.953. The lowest BCUT2D eigenvalue weighted by atomic mass is 10.0. The van der Waals surface area contributed by atoms with Gasteiger partial charge in [0.05, 0.1) is 18.2 Å². The predicted octanol–water partition coefficient (Wildman–Crippen LogP) is 5.69. The van der Waals surface area contributed by atoms with Crippen LogP contribution in [-0.2, 0) is 0 Å². The van der Waals surface area contributed by atoms with Crippen LogP contribution < -0.4 is 10.6 Å². The van der Waals surface area contributed by atoms with Crippen molar-refractivity contribution >= 4 is 17.9 Å². The lowest BCUT2D eigenvalue weighted by molar-refractivity contribution is -0.106. The van der Waals surface area contributed by atoms with Gasteiger partial charge in [0.15, 0.2) is 12.0 Å². The number of hydrogen-bond donors (Lipinski definition) is 0. The summed E-state index contributed by atoms with van der Waals surface area (Å²) in [6.07, 6.45) is -0.870. The van der Waals surface area contributed by atoms with Crippen LogP contribution in [0.15, 0.2) is 54.6 Å². The van der Waals surface area contributed by atoms with Crippen LogP contribution in [-0.4, -0.2) is 18.0 Å². The van der Waals surface area contributed by atoms with Crippen LogP contribution >= 0.6 is 7.26 Å². The molecule has 0 saturated heterocycles. The van der Waals surface area contributed by atoms with Crippen molar-refractivity contribution < 1.29 is 17.6 Å². The summed E-state index contributed by atoms with van der Waals surface area (Å²) in [4.78, 5) is 0. The molecule has 0 spiro atoms. The van der Waals surface area contributed by atoms with Crippen molar-refractivity contribution in [2.24, 2.45) is 0 Å². The van der Waals surface area contributed by atoms with Crippen LogP contribution in [0.3, 0.4) is 0 Å². The first-order valence-electron chi connectivity index (χ1n) is 8.69. The first kappa shape index (κ1) is 18.4. The molecule has 0 aromatic heterocycles. The fourth-order valence-electron chi connectivity index (χ4n) is 4.13. The summed E-state index contributed by atoms with van der Waals surface area (Å²) in [7, 11) is -2.94. The number of alkyl halides is 3. The molecule has 0 heterocycles. The molecular weight excluding hydrogens is 347 g/mol. The van der Waals surface area contributed by atoms with Gasteiger partial charge in [0, 0.05) is 0 Å². The highest BCUT2D eigenvalue weighted by atomic mass is 31.2. The molecule has 1 saturated carbocycles. The lowest BCUT2D eigenvalue weighted by Crippen LogP contribution is -2.40. The van der Waals surface area contributed by atoms with Gasteiger partial charge >= 0.3 is 6.18 Å². The Labute approximate surface area is 146 Å². The summed E-state index contributed by atoms with van der Waals surface area (Å²) in [5.41, 5.74) is -0.109. The van der Waals surface area contributed by atoms with Crippen molar-refractivity contribution in [1.82, 2.24) is 0 Å². The van der Waals surface area contributed by atoms with Gasteiger partial charge in [0.1, 0.15) is 5.30 Å². The van der Waals surface area contributed by atoms with Gasteiger partial charge in [0.2, 0.25) is 0 Å². The average molecular weight is 369 g/mol. The number of hydrogen-bond acceptors (Lipinski definition) is 0. The first-order valence-corrected chi connectivity index (χ1v) is 10.7. The van der Waals surface area contributed by atoms with E-state index in [1.165, 1.54) is 6.07 Å². The van der Waals surface area contributed by atoms with Gasteiger partial charge in [-0.05, 0) is 49.9 Å². The highest BCUT2D eigenvalue weighted by Crippen LogP contribution is 2.66. The molecule has 1 fully saturated rings. The first-order chi connectivity index (χ1) is 11.9. The summed E-state index contributed by atoms with van der Waals surface area (Å²) in [6, 6.07) is 15.0. The molecule has 0 radical (unpaired) electrons. The normalized spacial score (nSPS) is 18.7. The molecule has 5 heteroatoms. The van der Waals surface area contributed by atoms with E-state index in [0.717, 1.165) is 32.1 Å². The second kappa shape index (κ2) is 7.45. The van der Waals surface area contributed by atoms with Gasteiger partial charge in [0.25, 0.3) is 0 Å². The highest BCUT2D eigenvalue weighted by Gasteiger charge is 2.57. The van der Waals surface area contributed by atoms with Crippen LogP contribution in [0.4, 0.5) is 17.6 Å². The monoisotopic (exact) mass is 369 g/mol. The fourth-order valence-corrected chi connectivity index (χ4v) is 9.15. The second-order valence-electron chi connectivity index (χ2n) is 6.72. The topological polar surface area (TPSA) is 0 Å². The van der Waals surface area contributed by atoms with Gasteiger partial charge < -0.3 is 0 Å². The maximum Gasteiger partial charge on any atom is 0.422 e. The molecule has 2 aromatic carbocycles. The Kier molecular flexibility index (Phi) is 5.48. The molecule has 2 aromatic rings. The Morgan fingerprint density at radius 2 is 1.44 bits per heavy atom. The SMILES string of the molecule is Fc1ccccc1[P+](CC(F)(F)F)(c1ccccc1)C1CCCCC1.